The van der Waals surface area contributed by atoms with Crippen LogP contribution in [-0.2, 0) is 22.5 Å². The van der Waals surface area contributed by atoms with Crippen molar-refractivity contribution in [3.8, 4) is 6.01 Å². The van der Waals surface area contributed by atoms with Crippen molar-refractivity contribution in [3.63, 3.8) is 0 Å². The van der Waals surface area contributed by atoms with Gasteiger partial charge in [0.05, 0.1) is 38.7 Å². The molecule has 0 amide bonds. The van der Waals surface area contributed by atoms with Crippen molar-refractivity contribution in [2.45, 2.75) is 33.0 Å². The normalized spacial score (nSPS) is 22.1. The Kier molecular flexibility index (Phi) is 5.81. The van der Waals surface area contributed by atoms with Gasteiger partial charge in [-0.3, -0.25) is 0 Å². The number of hydrogen-bond donors (Lipinski definition) is 1. The zero-order valence-corrected chi connectivity index (χ0v) is 17.8. The van der Waals surface area contributed by atoms with Crippen LogP contribution in [0.25, 0.3) is 0 Å². The van der Waals surface area contributed by atoms with Gasteiger partial charge in [-0.2, -0.15) is 9.97 Å². The zero-order valence-electron chi connectivity index (χ0n) is 17.1. The maximum absolute atomic E-state index is 6.34. The summed E-state index contributed by atoms with van der Waals surface area (Å²) in [5.74, 6) is 1.30. The number of nitrogens with two attached hydrogens (primary N) is 1. The summed E-state index contributed by atoms with van der Waals surface area (Å²) in [4.78, 5) is 11.6. The summed E-state index contributed by atoms with van der Waals surface area (Å²) in [6.07, 6.45) is 0.448. The number of anilines is 2. The summed E-state index contributed by atoms with van der Waals surface area (Å²) in [6.45, 7) is 7.69. The van der Waals surface area contributed by atoms with Crippen molar-refractivity contribution in [3.05, 3.63) is 39.5 Å². The summed E-state index contributed by atoms with van der Waals surface area (Å²) < 4.78 is 17.4. The molecule has 1 fully saturated rings. The van der Waals surface area contributed by atoms with Crippen LogP contribution in [0.3, 0.4) is 0 Å². The highest BCUT2D eigenvalue weighted by Crippen LogP contribution is 2.38. The molecule has 29 heavy (non-hydrogen) atoms. The molecule has 7 nitrogen and oxygen atoms in total. The molecule has 2 N–H and O–H groups in total. The molecule has 2 atom stereocenters. The van der Waals surface area contributed by atoms with Crippen LogP contribution < -0.4 is 15.4 Å². The molecular weight excluding hydrogens is 392 g/mol. The summed E-state index contributed by atoms with van der Waals surface area (Å²) >= 11 is 6.34. The molecule has 8 heteroatoms. The van der Waals surface area contributed by atoms with E-state index in [1.165, 1.54) is 0 Å². The van der Waals surface area contributed by atoms with Crippen molar-refractivity contribution in [2.75, 3.05) is 44.0 Å². The van der Waals surface area contributed by atoms with Gasteiger partial charge in [0.2, 0.25) is 0 Å². The predicted octanol–water partition coefficient (Wildman–Crippen LogP) is 3.32. The van der Waals surface area contributed by atoms with Gasteiger partial charge >= 0.3 is 6.01 Å². The largest absolute Gasteiger partial charge is 0.467 e. The van der Waals surface area contributed by atoms with Crippen LogP contribution in [0.5, 0.6) is 6.01 Å². The van der Waals surface area contributed by atoms with E-state index in [9.17, 15) is 0 Å². The van der Waals surface area contributed by atoms with Crippen LogP contribution in [0.1, 0.15) is 35.4 Å². The Morgan fingerprint density at radius 1 is 1.31 bits per heavy atom. The Bertz CT molecular complexity index is 908. The Morgan fingerprint density at radius 2 is 2.14 bits per heavy atom. The predicted molar refractivity (Wildman–Crippen MR) is 113 cm³/mol. The van der Waals surface area contributed by atoms with E-state index in [1.807, 2.05) is 13.0 Å². The van der Waals surface area contributed by atoms with Crippen molar-refractivity contribution in [1.29, 1.82) is 0 Å². The number of rotatable bonds is 3. The van der Waals surface area contributed by atoms with E-state index in [4.69, 9.17) is 31.5 Å². The minimum absolute atomic E-state index is 0.164. The Balaban J connectivity index is 1.70. The van der Waals surface area contributed by atoms with Gasteiger partial charge in [0.1, 0.15) is 5.82 Å². The fraction of sp³-hybridized carbons (Fsp3) is 0.524. The maximum atomic E-state index is 6.34. The first-order valence-electron chi connectivity index (χ1n) is 9.89. The molecule has 0 aliphatic carbocycles. The molecule has 2 unspecified atom stereocenters. The van der Waals surface area contributed by atoms with E-state index >= 15 is 0 Å². The third-order valence-electron chi connectivity index (χ3n) is 5.53. The summed E-state index contributed by atoms with van der Waals surface area (Å²) in [7, 11) is 1.60. The lowest BCUT2D eigenvalue weighted by Crippen LogP contribution is -2.32. The average molecular weight is 419 g/mol. The monoisotopic (exact) mass is 418 g/mol. The molecule has 2 aliphatic heterocycles. The molecule has 0 saturated carbocycles. The number of fused-ring (bicyclic) bond motifs is 1. The van der Waals surface area contributed by atoms with Gasteiger partial charge in [0.15, 0.2) is 0 Å². The first kappa shape index (κ1) is 20.2. The minimum Gasteiger partial charge on any atom is -0.467 e. The molecule has 156 valence electrons. The Labute approximate surface area is 176 Å². The number of nitrogen functional groups attached to an aromatic ring is 1. The third-order valence-corrected chi connectivity index (χ3v) is 5.93. The summed E-state index contributed by atoms with van der Waals surface area (Å²) in [6, 6.07) is 4.08. The average Bonchev–Trinajstić information content (AvgIpc) is 2.93. The number of halogens is 1. The van der Waals surface area contributed by atoms with E-state index in [-0.39, 0.29) is 6.10 Å². The standard InChI is InChI=1S/C21H27ClN4O3/c1-12-9-26(4-5-28-10-12)20-16-11-29-19(8-18(16)24-21(25-20)27-3)15-6-14(23)7-17(22)13(15)2/h6-7,12,19H,4-5,8-11,23H2,1-3H3. The molecule has 2 aromatic rings. The van der Waals surface area contributed by atoms with Crippen LogP contribution in [0, 0.1) is 12.8 Å². The van der Waals surface area contributed by atoms with Crippen LogP contribution in [0.4, 0.5) is 11.5 Å². The second-order valence-corrected chi connectivity index (χ2v) is 8.21. The Hall–Kier alpha value is -2.09. The zero-order chi connectivity index (χ0) is 20.5. The lowest BCUT2D eigenvalue weighted by molar-refractivity contribution is 0.0254. The van der Waals surface area contributed by atoms with E-state index in [1.54, 1.807) is 13.2 Å². The van der Waals surface area contributed by atoms with E-state index in [0.717, 1.165) is 47.9 Å². The number of aromatic nitrogens is 2. The van der Waals surface area contributed by atoms with Gasteiger partial charge < -0.3 is 24.8 Å². The second-order valence-electron chi connectivity index (χ2n) is 7.81. The van der Waals surface area contributed by atoms with Crippen LogP contribution >= 0.6 is 11.6 Å². The van der Waals surface area contributed by atoms with Crippen molar-refractivity contribution in [1.82, 2.24) is 9.97 Å². The maximum Gasteiger partial charge on any atom is 0.318 e. The fourth-order valence-electron chi connectivity index (χ4n) is 4.01. The van der Waals surface area contributed by atoms with Crippen molar-refractivity contribution < 1.29 is 14.2 Å². The number of methoxy groups -OCH3 is 1. The topological polar surface area (TPSA) is 82.7 Å². The molecule has 0 bridgehead atoms. The minimum atomic E-state index is -0.164. The molecule has 4 rings (SSSR count). The summed E-state index contributed by atoms with van der Waals surface area (Å²) in [5.41, 5.74) is 10.6. The lowest BCUT2D eigenvalue weighted by atomic mass is 9.95. The molecule has 0 spiro atoms. The van der Waals surface area contributed by atoms with Gasteiger partial charge in [-0.25, -0.2) is 0 Å². The van der Waals surface area contributed by atoms with E-state index in [2.05, 4.69) is 21.8 Å². The first-order valence-corrected chi connectivity index (χ1v) is 10.3. The van der Waals surface area contributed by atoms with E-state index < -0.39 is 0 Å². The van der Waals surface area contributed by atoms with Crippen LogP contribution in [0.15, 0.2) is 12.1 Å². The number of nitrogens with zero attached hydrogens (tertiary/aromatic N) is 3. The lowest BCUT2D eigenvalue weighted by Gasteiger charge is -2.31. The Morgan fingerprint density at radius 3 is 2.93 bits per heavy atom. The highest BCUT2D eigenvalue weighted by Gasteiger charge is 2.30. The molecular formula is C21H27ClN4O3. The molecule has 0 radical (unpaired) electrons. The highest BCUT2D eigenvalue weighted by molar-refractivity contribution is 6.31. The van der Waals surface area contributed by atoms with Gasteiger partial charge in [-0.05, 0) is 36.1 Å². The van der Waals surface area contributed by atoms with Gasteiger partial charge in [0.25, 0.3) is 0 Å². The second kappa shape index (κ2) is 8.34. The van der Waals surface area contributed by atoms with Crippen LogP contribution in [0.2, 0.25) is 5.02 Å². The smallest absolute Gasteiger partial charge is 0.318 e. The van der Waals surface area contributed by atoms with Crippen molar-refractivity contribution in [2.24, 2.45) is 5.92 Å². The van der Waals surface area contributed by atoms with Gasteiger partial charge in [-0.1, -0.05) is 18.5 Å². The molecule has 2 aliphatic rings. The van der Waals surface area contributed by atoms with E-state index in [0.29, 0.717) is 42.3 Å². The number of ether oxygens (including phenoxy) is 3. The highest BCUT2D eigenvalue weighted by atomic mass is 35.5. The summed E-state index contributed by atoms with van der Waals surface area (Å²) in [5, 5.41) is 0.647. The molecule has 3 heterocycles. The molecule has 1 aromatic heterocycles. The third kappa shape index (κ3) is 4.13. The fourth-order valence-corrected chi connectivity index (χ4v) is 4.25. The number of hydrogen-bond acceptors (Lipinski definition) is 7. The number of benzene rings is 1. The van der Waals surface area contributed by atoms with Crippen LogP contribution in [-0.4, -0.2) is 43.4 Å². The quantitative estimate of drug-likeness (QED) is 0.765. The van der Waals surface area contributed by atoms with Gasteiger partial charge in [0, 0.05) is 35.8 Å². The van der Waals surface area contributed by atoms with Crippen molar-refractivity contribution >= 4 is 23.1 Å². The first-order chi connectivity index (χ1) is 14.0. The SMILES string of the molecule is COc1nc2c(c(N3CCOCC(C)C3)n1)COC(c1cc(N)cc(Cl)c1C)C2. The molecule has 1 aromatic carbocycles. The molecule has 1 saturated heterocycles. The van der Waals surface area contributed by atoms with Gasteiger partial charge in [-0.15, -0.1) is 0 Å².